The zero-order valence-corrected chi connectivity index (χ0v) is 14.6. The molecule has 1 unspecified atom stereocenters. The second-order valence-corrected chi connectivity index (χ2v) is 7.08. The lowest BCUT2D eigenvalue weighted by atomic mass is 10.2. The van der Waals surface area contributed by atoms with Gasteiger partial charge < -0.3 is 15.5 Å². The van der Waals surface area contributed by atoms with Crippen molar-refractivity contribution in [2.24, 2.45) is 7.05 Å². The minimum atomic E-state index is 0.561. The van der Waals surface area contributed by atoms with E-state index in [-0.39, 0.29) is 0 Å². The van der Waals surface area contributed by atoms with E-state index in [0.717, 1.165) is 49.9 Å². The van der Waals surface area contributed by atoms with Crippen molar-refractivity contribution < 1.29 is 0 Å². The van der Waals surface area contributed by atoms with Gasteiger partial charge in [0.25, 0.3) is 0 Å². The highest BCUT2D eigenvalue weighted by Gasteiger charge is 2.17. The van der Waals surface area contributed by atoms with Crippen LogP contribution in [0, 0.1) is 0 Å². The standard InChI is InChI=1S/C18H28N6/c1-23-18-15(16(22-23)13-20-14-8-9-19-12-14)6-7-17(21-18)24-10-4-2-3-5-11-24/h6-7,14,19-20H,2-5,8-13H2,1H3. The number of nitrogens with one attached hydrogen (secondary N) is 2. The van der Waals surface area contributed by atoms with Crippen molar-refractivity contribution in [2.75, 3.05) is 31.1 Å². The molecule has 0 spiro atoms. The van der Waals surface area contributed by atoms with E-state index in [1.54, 1.807) is 0 Å². The second kappa shape index (κ2) is 7.07. The number of hydrogen-bond donors (Lipinski definition) is 2. The fourth-order valence-corrected chi connectivity index (χ4v) is 3.87. The summed E-state index contributed by atoms with van der Waals surface area (Å²) in [4.78, 5) is 7.36. The van der Waals surface area contributed by atoms with E-state index in [2.05, 4.69) is 27.7 Å². The summed E-state index contributed by atoms with van der Waals surface area (Å²) < 4.78 is 1.93. The lowest BCUT2D eigenvalue weighted by Gasteiger charge is -2.21. The van der Waals surface area contributed by atoms with Crippen LogP contribution in [0.2, 0.25) is 0 Å². The molecule has 2 fully saturated rings. The normalized spacial score (nSPS) is 22.2. The molecular formula is C18H28N6. The maximum absolute atomic E-state index is 4.93. The van der Waals surface area contributed by atoms with E-state index in [4.69, 9.17) is 10.1 Å². The quantitative estimate of drug-likeness (QED) is 0.896. The fourth-order valence-electron chi connectivity index (χ4n) is 3.87. The van der Waals surface area contributed by atoms with Crippen LogP contribution >= 0.6 is 0 Å². The first-order valence-electron chi connectivity index (χ1n) is 9.33. The molecule has 4 rings (SSSR count). The summed E-state index contributed by atoms with van der Waals surface area (Å²) in [6.45, 7) is 5.23. The monoisotopic (exact) mass is 328 g/mol. The molecule has 2 saturated heterocycles. The Hall–Kier alpha value is -1.66. The van der Waals surface area contributed by atoms with Crippen LogP contribution in [-0.4, -0.2) is 47.0 Å². The molecule has 0 aromatic carbocycles. The Labute approximate surface area is 143 Å². The van der Waals surface area contributed by atoms with Crippen LogP contribution in [-0.2, 0) is 13.6 Å². The van der Waals surface area contributed by atoms with Gasteiger partial charge in [-0.15, -0.1) is 0 Å². The number of pyridine rings is 1. The molecule has 2 aliphatic rings. The molecule has 2 N–H and O–H groups in total. The van der Waals surface area contributed by atoms with Crippen molar-refractivity contribution in [1.29, 1.82) is 0 Å². The molecule has 2 aliphatic heterocycles. The maximum Gasteiger partial charge on any atom is 0.160 e. The second-order valence-electron chi connectivity index (χ2n) is 7.08. The molecule has 0 radical (unpaired) electrons. The zero-order valence-electron chi connectivity index (χ0n) is 14.6. The maximum atomic E-state index is 4.93. The summed E-state index contributed by atoms with van der Waals surface area (Å²) >= 11 is 0. The van der Waals surface area contributed by atoms with Gasteiger partial charge in [-0.1, -0.05) is 12.8 Å². The minimum Gasteiger partial charge on any atom is -0.357 e. The van der Waals surface area contributed by atoms with Crippen LogP contribution < -0.4 is 15.5 Å². The highest BCUT2D eigenvalue weighted by molar-refractivity contribution is 5.80. The van der Waals surface area contributed by atoms with Gasteiger partial charge in [-0.05, 0) is 37.9 Å². The van der Waals surface area contributed by atoms with Crippen LogP contribution in [0.3, 0.4) is 0 Å². The van der Waals surface area contributed by atoms with Gasteiger partial charge in [0.2, 0.25) is 0 Å². The van der Waals surface area contributed by atoms with Crippen LogP contribution in [0.4, 0.5) is 5.82 Å². The van der Waals surface area contributed by atoms with Crippen molar-refractivity contribution in [1.82, 2.24) is 25.4 Å². The molecule has 0 aliphatic carbocycles. The van der Waals surface area contributed by atoms with Gasteiger partial charge in [0, 0.05) is 44.7 Å². The Morgan fingerprint density at radius 1 is 1.21 bits per heavy atom. The SMILES string of the molecule is Cn1nc(CNC2CCNC2)c2ccc(N3CCCCCC3)nc21. The number of fused-ring (bicyclic) bond motifs is 1. The van der Waals surface area contributed by atoms with E-state index in [1.807, 2.05) is 11.7 Å². The molecule has 6 heteroatoms. The molecule has 0 bridgehead atoms. The van der Waals surface area contributed by atoms with Gasteiger partial charge in [0.1, 0.15) is 5.82 Å². The highest BCUT2D eigenvalue weighted by Crippen LogP contribution is 2.23. The Bertz CT molecular complexity index is 680. The molecule has 0 saturated carbocycles. The predicted octanol–water partition coefficient (Wildman–Crippen LogP) is 1.80. The van der Waals surface area contributed by atoms with Crippen molar-refractivity contribution in [3.8, 4) is 0 Å². The predicted molar refractivity (Wildman–Crippen MR) is 97.3 cm³/mol. The smallest absolute Gasteiger partial charge is 0.160 e. The first-order valence-corrected chi connectivity index (χ1v) is 9.33. The number of aromatic nitrogens is 3. The molecule has 6 nitrogen and oxygen atoms in total. The molecule has 130 valence electrons. The summed E-state index contributed by atoms with van der Waals surface area (Å²) in [6.07, 6.45) is 6.43. The largest absolute Gasteiger partial charge is 0.357 e. The van der Waals surface area contributed by atoms with Crippen molar-refractivity contribution in [3.05, 3.63) is 17.8 Å². The number of rotatable bonds is 4. The summed E-state index contributed by atoms with van der Waals surface area (Å²) in [5.41, 5.74) is 2.10. The van der Waals surface area contributed by atoms with E-state index in [9.17, 15) is 0 Å². The third kappa shape index (κ3) is 3.26. The van der Waals surface area contributed by atoms with E-state index >= 15 is 0 Å². The Morgan fingerprint density at radius 3 is 2.79 bits per heavy atom. The zero-order chi connectivity index (χ0) is 16.4. The number of hydrogen-bond acceptors (Lipinski definition) is 5. The molecule has 2 aromatic rings. The van der Waals surface area contributed by atoms with Gasteiger partial charge >= 0.3 is 0 Å². The molecular weight excluding hydrogens is 300 g/mol. The number of aryl methyl sites for hydroxylation is 1. The Balaban J connectivity index is 1.54. The highest BCUT2D eigenvalue weighted by atomic mass is 15.3. The fraction of sp³-hybridized carbons (Fsp3) is 0.667. The Morgan fingerprint density at radius 2 is 2.04 bits per heavy atom. The van der Waals surface area contributed by atoms with Crippen molar-refractivity contribution in [2.45, 2.75) is 44.7 Å². The van der Waals surface area contributed by atoms with Gasteiger partial charge in [-0.3, -0.25) is 4.68 Å². The van der Waals surface area contributed by atoms with E-state index < -0.39 is 0 Å². The van der Waals surface area contributed by atoms with Crippen LogP contribution in [0.25, 0.3) is 11.0 Å². The first-order chi connectivity index (χ1) is 11.8. The lowest BCUT2D eigenvalue weighted by Crippen LogP contribution is -2.30. The van der Waals surface area contributed by atoms with Crippen LogP contribution in [0.1, 0.15) is 37.8 Å². The summed E-state index contributed by atoms with van der Waals surface area (Å²) in [7, 11) is 2.00. The molecule has 24 heavy (non-hydrogen) atoms. The van der Waals surface area contributed by atoms with Gasteiger partial charge in [-0.25, -0.2) is 4.98 Å². The van der Waals surface area contributed by atoms with Crippen LogP contribution in [0.15, 0.2) is 12.1 Å². The van der Waals surface area contributed by atoms with Crippen LogP contribution in [0.5, 0.6) is 0 Å². The first kappa shape index (κ1) is 15.8. The minimum absolute atomic E-state index is 0.561. The summed E-state index contributed by atoms with van der Waals surface area (Å²) in [5, 5.41) is 12.9. The van der Waals surface area contributed by atoms with Gasteiger partial charge in [-0.2, -0.15) is 5.10 Å². The van der Waals surface area contributed by atoms with Crippen molar-refractivity contribution in [3.63, 3.8) is 0 Å². The topological polar surface area (TPSA) is 58.0 Å². The number of nitrogens with zero attached hydrogens (tertiary/aromatic N) is 4. The third-order valence-electron chi connectivity index (χ3n) is 5.30. The van der Waals surface area contributed by atoms with Gasteiger partial charge in [0.15, 0.2) is 5.65 Å². The van der Waals surface area contributed by atoms with Crippen molar-refractivity contribution >= 4 is 16.9 Å². The average molecular weight is 328 g/mol. The number of anilines is 1. The Kier molecular flexibility index (Phi) is 4.67. The molecule has 2 aromatic heterocycles. The van der Waals surface area contributed by atoms with Gasteiger partial charge in [0.05, 0.1) is 5.69 Å². The third-order valence-corrected chi connectivity index (χ3v) is 5.30. The molecule has 0 amide bonds. The summed E-state index contributed by atoms with van der Waals surface area (Å²) in [6, 6.07) is 4.95. The lowest BCUT2D eigenvalue weighted by molar-refractivity contribution is 0.539. The average Bonchev–Trinajstić information content (AvgIpc) is 3.12. The summed E-state index contributed by atoms with van der Waals surface area (Å²) in [5.74, 6) is 1.10. The van der Waals surface area contributed by atoms with E-state index in [0.29, 0.717) is 6.04 Å². The molecule has 1 atom stereocenters. The van der Waals surface area contributed by atoms with E-state index in [1.165, 1.54) is 37.5 Å². The molecule has 4 heterocycles.